The molecule has 74 valence electrons. The lowest BCUT2D eigenvalue weighted by molar-refractivity contribution is -0.134. The summed E-state index contributed by atoms with van der Waals surface area (Å²) in [5.74, 6) is 0.560. The van der Waals surface area contributed by atoms with Crippen LogP contribution in [-0.4, -0.2) is 24.5 Å². The van der Waals surface area contributed by atoms with Gasteiger partial charge in [0.1, 0.15) is 0 Å². The molecule has 0 radical (unpaired) electrons. The Balaban J connectivity index is 1.99. The molecule has 1 saturated carbocycles. The van der Waals surface area contributed by atoms with Gasteiger partial charge in [-0.1, -0.05) is 6.42 Å². The van der Waals surface area contributed by atoms with Crippen LogP contribution in [0.25, 0.3) is 0 Å². The zero-order valence-corrected chi connectivity index (χ0v) is 7.92. The van der Waals surface area contributed by atoms with E-state index >= 15 is 0 Å². The van der Waals surface area contributed by atoms with E-state index in [1.54, 1.807) is 0 Å². The number of ether oxygens (including phenoxy) is 1. The average Bonchev–Trinajstić information content (AvgIpc) is 2.02. The number of ketones is 1. The molecule has 1 aliphatic heterocycles. The molecular formula is C10H17NO2. The van der Waals surface area contributed by atoms with Gasteiger partial charge in [0.25, 0.3) is 0 Å². The highest BCUT2D eigenvalue weighted by Crippen LogP contribution is 2.33. The smallest absolute Gasteiger partial charge is 0.155 e. The average molecular weight is 183 g/mol. The minimum atomic E-state index is -0.552. The molecule has 0 aromatic heterocycles. The van der Waals surface area contributed by atoms with Gasteiger partial charge in [-0.3, -0.25) is 4.79 Å². The van der Waals surface area contributed by atoms with Crippen LogP contribution in [0.3, 0.4) is 0 Å². The normalized spacial score (nSPS) is 28.1. The fraction of sp³-hybridized carbons (Fsp3) is 0.900. The molecule has 1 heterocycles. The number of hydrogen-bond acceptors (Lipinski definition) is 3. The minimum Gasteiger partial charge on any atom is -0.381 e. The van der Waals surface area contributed by atoms with Gasteiger partial charge in [-0.05, 0) is 25.7 Å². The molecule has 2 N–H and O–H groups in total. The predicted molar refractivity (Wildman–Crippen MR) is 49.3 cm³/mol. The number of Topliss-reactive ketones (excluding diaryl/α,β-unsaturated/α-hetero) is 1. The van der Waals surface area contributed by atoms with Crippen LogP contribution in [0, 0.1) is 5.92 Å². The van der Waals surface area contributed by atoms with Crippen LogP contribution >= 0.6 is 0 Å². The first-order chi connectivity index (χ1) is 6.22. The van der Waals surface area contributed by atoms with Crippen molar-refractivity contribution in [3.05, 3.63) is 0 Å². The van der Waals surface area contributed by atoms with Crippen LogP contribution < -0.4 is 5.73 Å². The molecule has 0 amide bonds. The third-order valence-corrected chi connectivity index (χ3v) is 3.35. The summed E-state index contributed by atoms with van der Waals surface area (Å²) in [4.78, 5) is 11.9. The lowest BCUT2D eigenvalue weighted by Crippen LogP contribution is -2.55. The Bertz CT molecular complexity index is 205. The lowest BCUT2D eigenvalue weighted by atomic mass is 9.72. The Labute approximate surface area is 78.6 Å². The Morgan fingerprint density at radius 2 is 1.92 bits per heavy atom. The number of hydrogen-bond donors (Lipinski definition) is 1. The van der Waals surface area contributed by atoms with Crippen molar-refractivity contribution in [2.24, 2.45) is 11.7 Å². The first-order valence-corrected chi connectivity index (χ1v) is 5.13. The highest BCUT2D eigenvalue weighted by molar-refractivity contribution is 5.90. The molecule has 13 heavy (non-hydrogen) atoms. The molecular weight excluding hydrogens is 166 g/mol. The van der Waals surface area contributed by atoms with Crippen LogP contribution in [0.2, 0.25) is 0 Å². The van der Waals surface area contributed by atoms with Crippen molar-refractivity contribution in [1.29, 1.82) is 0 Å². The predicted octanol–water partition coefficient (Wildman–Crippen LogP) is 0.863. The summed E-state index contributed by atoms with van der Waals surface area (Å²) in [6, 6.07) is 0. The molecule has 1 saturated heterocycles. The molecule has 0 bridgehead atoms. The van der Waals surface area contributed by atoms with Gasteiger partial charge in [-0.25, -0.2) is 0 Å². The molecule has 3 nitrogen and oxygen atoms in total. The van der Waals surface area contributed by atoms with E-state index in [1.807, 2.05) is 0 Å². The molecule has 0 aromatic carbocycles. The molecule has 1 aliphatic carbocycles. The summed E-state index contributed by atoms with van der Waals surface area (Å²) < 4.78 is 5.21. The minimum absolute atomic E-state index is 0.267. The number of carbonyl (C=O) groups excluding carboxylic acids is 1. The molecule has 0 unspecified atom stereocenters. The number of nitrogens with two attached hydrogens (primary N) is 1. The highest BCUT2D eigenvalue weighted by Gasteiger charge is 2.41. The van der Waals surface area contributed by atoms with Gasteiger partial charge in [0.2, 0.25) is 0 Å². The standard InChI is InChI=1S/C10H17NO2/c11-10(4-6-13-7-5-10)9(12)8-2-1-3-8/h8H,1-7,11H2. The molecule has 3 heteroatoms. The first-order valence-electron chi connectivity index (χ1n) is 5.13. The van der Waals surface area contributed by atoms with Crippen molar-refractivity contribution in [3.63, 3.8) is 0 Å². The molecule has 2 fully saturated rings. The van der Waals surface area contributed by atoms with Crippen LogP contribution in [-0.2, 0) is 9.53 Å². The van der Waals surface area contributed by atoms with E-state index in [9.17, 15) is 4.79 Å². The van der Waals surface area contributed by atoms with E-state index in [2.05, 4.69) is 0 Å². The second-order valence-electron chi connectivity index (χ2n) is 4.26. The SMILES string of the molecule is NC1(C(=O)C2CCC2)CCOCC1. The van der Waals surface area contributed by atoms with Gasteiger partial charge in [-0.15, -0.1) is 0 Å². The van der Waals surface area contributed by atoms with Gasteiger partial charge in [0.15, 0.2) is 5.78 Å². The number of rotatable bonds is 2. The third-order valence-electron chi connectivity index (χ3n) is 3.35. The van der Waals surface area contributed by atoms with Crippen molar-refractivity contribution in [2.75, 3.05) is 13.2 Å². The van der Waals surface area contributed by atoms with Crippen molar-refractivity contribution < 1.29 is 9.53 Å². The van der Waals surface area contributed by atoms with Crippen LogP contribution in [0.5, 0.6) is 0 Å². The maximum atomic E-state index is 11.9. The first kappa shape index (κ1) is 9.16. The lowest BCUT2D eigenvalue weighted by Gasteiger charge is -2.37. The molecule has 2 rings (SSSR count). The van der Waals surface area contributed by atoms with Crippen LogP contribution in [0.1, 0.15) is 32.1 Å². The van der Waals surface area contributed by atoms with E-state index < -0.39 is 5.54 Å². The molecule has 0 aromatic rings. The quantitative estimate of drug-likeness (QED) is 0.691. The van der Waals surface area contributed by atoms with Crippen molar-refractivity contribution in [1.82, 2.24) is 0 Å². The molecule has 0 spiro atoms. The molecule has 2 aliphatic rings. The van der Waals surface area contributed by atoms with Gasteiger partial charge < -0.3 is 10.5 Å². The molecule has 0 atom stereocenters. The maximum Gasteiger partial charge on any atom is 0.155 e. The largest absolute Gasteiger partial charge is 0.381 e. The van der Waals surface area contributed by atoms with Crippen molar-refractivity contribution in [2.45, 2.75) is 37.6 Å². The van der Waals surface area contributed by atoms with E-state index in [1.165, 1.54) is 6.42 Å². The highest BCUT2D eigenvalue weighted by atomic mass is 16.5. The second kappa shape index (κ2) is 3.39. The third kappa shape index (κ3) is 1.63. The fourth-order valence-corrected chi connectivity index (χ4v) is 2.06. The van der Waals surface area contributed by atoms with E-state index in [0.717, 1.165) is 12.8 Å². The van der Waals surface area contributed by atoms with Gasteiger partial charge >= 0.3 is 0 Å². The van der Waals surface area contributed by atoms with E-state index in [-0.39, 0.29) is 5.92 Å². The zero-order valence-electron chi connectivity index (χ0n) is 7.92. The Kier molecular flexibility index (Phi) is 2.39. The summed E-state index contributed by atoms with van der Waals surface area (Å²) in [5, 5.41) is 0. The summed E-state index contributed by atoms with van der Waals surface area (Å²) in [5.41, 5.74) is 5.53. The summed E-state index contributed by atoms with van der Waals surface area (Å²) >= 11 is 0. The summed E-state index contributed by atoms with van der Waals surface area (Å²) in [6.07, 6.45) is 4.73. The monoisotopic (exact) mass is 183 g/mol. The van der Waals surface area contributed by atoms with Crippen LogP contribution in [0.15, 0.2) is 0 Å². The Hall–Kier alpha value is -0.410. The maximum absolute atomic E-state index is 11.9. The fourth-order valence-electron chi connectivity index (χ4n) is 2.06. The van der Waals surface area contributed by atoms with E-state index in [0.29, 0.717) is 31.8 Å². The summed E-state index contributed by atoms with van der Waals surface area (Å²) in [7, 11) is 0. The van der Waals surface area contributed by atoms with Crippen molar-refractivity contribution >= 4 is 5.78 Å². The van der Waals surface area contributed by atoms with E-state index in [4.69, 9.17) is 10.5 Å². The summed E-state index contributed by atoms with van der Waals surface area (Å²) in [6.45, 7) is 1.30. The van der Waals surface area contributed by atoms with Gasteiger partial charge in [0.05, 0.1) is 5.54 Å². The Morgan fingerprint density at radius 3 is 2.38 bits per heavy atom. The zero-order chi connectivity index (χ0) is 9.31. The van der Waals surface area contributed by atoms with Crippen molar-refractivity contribution in [3.8, 4) is 0 Å². The number of carbonyl (C=O) groups is 1. The van der Waals surface area contributed by atoms with Crippen LogP contribution in [0.4, 0.5) is 0 Å². The second-order valence-corrected chi connectivity index (χ2v) is 4.26. The van der Waals surface area contributed by atoms with Gasteiger partial charge in [0, 0.05) is 19.1 Å². The van der Waals surface area contributed by atoms with Gasteiger partial charge in [-0.2, -0.15) is 0 Å². The topological polar surface area (TPSA) is 52.3 Å². The Morgan fingerprint density at radius 1 is 1.31 bits per heavy atom.